The van der Waals surface area contributed by atoms with Gasteiger partial charge in [-0.25, -0.2) is 4.21 Å². The monoisotopic (exact) mass is 305 g/mol. The third-order valence-electron chi connectivity index (χ3n) is 2.49. The fourth-order valence-corrected chi connectivity index (χ4v) is 2.08. The minimum Gasteiger partial charge on any atom is -0.234 e. The first-order valence-electron chi connectivity index (χ1n) is 6.12. The molecule has 0 N–H and O–H groups in total. The minimum absolute atomic E-state index is 0.172. The Hall–Kier alpha value is -1.17. The van der Waals surface area contributed by atoms with Crippen LogP contribution in [0.3, 0.4) is 0 Å². The van der Waals surface area contributed by atoms with Crippen molar-refractivity contribution in [3.05, 3.63) is 35.4 Å². The van der Waals surface area contributed by atoms with E-state index in [1.54, 1.807) is 39.8 Å². The van der Waals surface area contributed by atoms with E-state index in [0.29, 0.717) is 11.3 Å². The van der Waals surface area contributed by atoms with E-state index in [1.807, 2.05) is 0 Å². The van der Waals surface area contributed by atoms with Gasteiger partial charge in [-0.2, -0.15) is 17.6 Å². The van der Waals surface area contributed by atoms with Crippen LogP contribution in [0.25, 0.3) is 0 Å². The van der Waals surface area contributed by atoms with Gasteiger partial charge in [-0.15, -0.1) is 0 Å². The predicted molar refractivity (Wildman–Crippen MR) is 76.3 cm³/mol. The number of hydrogen-bond donors (Lipinski definition) is 0. The summed E-state index contributed by atoms with van der Waals surface area (Å²) < 4.78 is 52.6. The van der Waals surface area contributed by atoms with Crippen LogP contribution in [-0.4, -0.2) is 20.8 Å². The highest BCUT2D eigenvalue weighted by Gasteiger charge is 2.27. The molecule has 1 aromatic carbocycles. The average Bonchev–Trinajstić information content (AvgIpc) is 2.25. The fourth-order valence-electron chi connectivity index (χ4n) is 1.45. The number of benzene rings is 1. The smallest absolute Gasteiger partial charge is 0.234 e. The number of nitrogens with zero attached hydrogens (tertiary/aromatic N) is 1. The molecule has 0 radical (unpaired) electrons. The standard InChI is InChI=1S/C14H18F3NOS/c1-10(18-20(19)13(2,3)4)12-7-5-6-11(8-12)9-14(15,16)17/h5-8H,9H2,1-4H3/t20-/m1/s1. The van der Waals surface area contributed by atoms with Crippen LogP contribution in [0.15, 0.2) is 28.7 Å². The fraction of sp³-hybridized carbons (Fsp3) is 0.500. The molecule has 0 aliphatic carbocycles. The number of halogens is 3. The van der Waals surface area contributed by atoms with Gasteiger partial charge < -0.3 is 0 Å². The molecule has 0 aliphatic rings. The summed E-state index contributed by atoms with van der Waals surface area (Å²) in [4.78, 5) is 0. The van der Waals surface area contributed by atoms with Crippen molar-refractivity contribution in [2.24, 2.45) is 4.40 Å². The Kier molecular flexibility index (Phi) is 5.13. The van der Waals surface area contributed by atoms with Crippen LogP contribution in [0, 0.1) is 0 Å². The molecule has 1 aromatic rings. The molecule has 0 aromatic heterocycles. The summed E-state index contributed by atoms with van der Waals surface area (Å²) in [5.74, 6) is 0. The van der Waals surface area contributed by atoms with Gasteiger partial charge >= 0.3 is 6.18 Å². The maximum absolute atomic E-state index is 12.4. The molecule has 0 spiro atoms. The van der Waals surface area contributed by atoms with Gasteiger partial charge in [0, 0.05) is 0 Å². The first kappa shape index (κ1) is 16.9. The van der Waals surface area contributed by atoms with Crippen LogP contribution in [0.4, 0.5) is 13.2 Å². The molecule has 0 aliphatic heterocycles. The summed E-state index contributed by atoms with van der Waals surface area (Å²) in [6.45, 7) is 7.02. The van der Waals surface area contributed by atoms with Crippen molar-refractivity contribution >= 4 is 16.7 Å². The molecule has 2 nitrogen and oxygen atoms in total. The van der Waals surface area contributed by atoms with E-state index in [9.17, 15) is 17.4 Å². The second-order valence-electron chi connectivity index (χ2n) is 5.53. The van der Waals surface area contributed by atoms with Crippen molar-refractivity contribution in [1.82, 2.24) is 0 Å². The molecule has 112 valence electrons. The van der Waals surface area contributed by atoms with E-state index in [1.165, 1.54) is 12.1 Å². The van der Waals surface area contributed by atoms with E-state index in [0.717, 1.165) is 0 Å². The summed E-state index contributed by atoms with van der Waals surface area (Å²) in [5.41, 5.74) is 1.21. The van der Waals surface area contributed by atoms with E-state index in [-0.39, 0.29) is 5.56 Å². The number of rotatable bonds is 3. The van der Waals surface area contributed by atoms with Crippen molar-refractivity contribution in [3.8, 4) is 0 Å². The van der Waals surface area contributed by atoms with Crippen LogP contribution >= 0.6 is 0 Å². The van der Waals surface area contributed by atoms with Gasteiger partial charge in [0.2, 0.25) is 0 Å². The molecule has 0 bridgehead atoms. The molecule has 0 fully saturated rings. The largest absolute Gasteiger partial charge is 0.393 e. The van der Waals surface area contributed by atoms with Crippen LogP contribution in [0.1, 0.15) is 38.8 Å². The lowest BCUT2D eigenvalue weighted by molar-refractivity contribution is -0.127. The van der Waals surface area contributed by atoms with Crippen LogP contribution in [0.5, 0.6) is 0 Å². The molecule has 0 saturated carbocycles. The van der Waals surface area contributed by atoms with Crippen LogP contribution < -0.4 is 0 Å². The van der Waals surface area contributed by atoms with Gasteiger partial charge in [0.1, 0.15) is 11.0 Å². The van der Waals surface area contributed by atoms with Gasteiger partial charge in [0.15, 0.2) is 0 Å². The lowest BCUT2D eigenvalue weighted by atomic mass is 10.1. The lowest BCUT2D eigenvalue weighted by Gasteiger charge is -2.14. The van der Waals surface area contributed by atoms with Crippen molar-refractivity contribution in [2.45, 2.75) is 45.0 Å². The number of alkyl halides is 3. The van der Waals surface area contributed by atoms with Crippen molar-refractivity contribution in [2.75, 3.05) is 0 Å². The maximum atomic E-state index is 12.4. The van der Waals surface area contributed by atoms with Crippen LogP contribution in [0.2, 0.25) is 0 Å². The van der Waals surface area contributed by atoms with E-state index < -0.39 is 28.3 Å². The molecule has 0 amide bonds. The SMILES string of the molecule is CC(=N[S@](=O)C(C)(C)C)c1cccc(CC(F)(F)F)c1. The zero-order chi connectivity index (χ0) is 15.6. The zero-order valence-corrected chi connectivity index (χ0v) is 12.7. The Morgan fingerprint density at radius 3 is 2.35 bits per heavy atom. The Bertz CT molecular complexity index is 530. The van der Waals surface area contributed by atoms with Gasteiger partial charge in [0.05, 0.1) is 16.9 Å². The Morgan fingerprint density at radius 1 is 1.25 bits per heavy atom. The quantitative estimate of drug-likeness (QED) is 0.774. The molecule has 6 heteroatoms. The average molecular weight is 305 g/mol. The molecule has 0 heterocycles. The molecule has 20 heavy (non-hydrogen) atoms. The Labute approximate surface area is 119 Å². The summed E-state index contributed by atoms with van der Waals surface area (Å²) in [6.07, 6.45) is -5.21. The van der Waals surface area contributed by atoms with Crippen molar-refractivity contribution in [1.29, 1.82) is 0 Å². The minimum atomic E-state index is -4.24. The normalized spacial score (nSPS) is 15.2. The predicted octanol–water partition coefficient (Wildman–Crippen LogP) is 4.06. The lowest BCUT2D eigenvalue weighted by Crippen LogP contribution is -2.20. The van der Waals surface area contributed by atoms with Gasteiger partial charge in [0.25, 0.3) is 0 Å². The molecule has 1 rings (SSSR count). The Balaban J connectivity index is 3.00. The van der Waals surface area contributed by atoms with Gasteiger partial charge in [-0.1, -0.05) is 18.2 Å². The molecule has 0 unspecified atom stereocenters. The molecule has 0 saturated heterocycles. The van der Waals surface area contributed by atoms with Crippen molar-refractivity contribution in [3.63, 3.8) is 0 Å². The zero-order valence-electron chi connectivity index (χ0n) is 11.9. The van der Waals surface area contributed by atoms with E-state index >= 15 is 0 Å². The third kappa shape index (κ3) is 5.45. The van der Waals surface area contributed by atoms with Crippen molar-refractivity contribution < 1.29 is 17.4 Å². The first-order valence-corrected chi connectivity index (χ1v) is 7.23. The van der Waals surface area contributed by atoms with Gasteiger partial charge in [-0.05, 0) is 44.9 Å². The number of hydrogen-bond acceptors (Lipinski definition) is 1. The maximum Gasteiger partial charge on any atom is 0.393 e. The van der Waals surface area contributed by atoms with E-state index in [4.69, 9.17) is 0 Å². The topological polar surface area (TPSA) is 29.4 Å². The summed E-state index contributed by atoms with van der Waals surface area (Å²) in [5, 5.41) is 0. The molecule has 1 atom stereocenters. The Morgan fingerprint density at radius 2 is 1.85 bits per heavy atom. The summed E-state index contributed by atoms with van der Waals surface area (Å²) >= 11 is 0. The molecular weight excluding hydrogens is 287 g/mol. The highest BCUT2D eigenvalue weighted by molar-refractivity contribution is 7.85. The third-order valence-corrected chi connectivity index (χ3v) is 3.98. The summed E-state index contributed by atoms with van der Waals surface area (Å²) in [7, 11) is -1.43. The van der Waals surface area contributed by atoms with E-state index in [2.05, 4.69) is 4.40 Å². The second kappa shape index (κ2) is 6.08. The second-order valence-corrected chi connectivity index (χ2v) is 7.44. The van der Waals surface area contributed by atoms with Crippen LogP contribution in [-0.2, 0) is 17.4 Å². The van der Waals surface area contributed by atoms with Gasteiger partial charge in [-0.3, -0.25) is 0 Å². The molecular formula is C14H18F3NOS. The first-order chi connectivity index (χ1) is 8.99. The summed E-state index contributed by atoms with van der Waals surface area (Å²) in [6, 6.07) is 6.07. The highest BCUT2D eigenvalue weighted by atomic mass is 32.2. The highest BCUT2D eigenvalue weighted by Crippen LogP contribution is 2.22.